The Morgan fingerprint density at radius 3 is 2.44 bits per heavy atom. The van der Waals surface area contributed by atoms with E-state index in [1.54, 1.807) is 18.2 Å². The Morgan fingerprint density at radius 1 is 1.00 bits per heavy atom. The van der Waals surface area contributed by atoms with Crippen molar-refractivity contribution in [3.8, 4) is 17.2 Å². The molecule has 5 nitrogen and oxygen atoms in total. The highest BCUT2D eigenvalue weighted by Crippen LogP contribution is 2.35. The van der Waals surface area contributed by atoms with Gasteiger partial charge in [0.05, 0.1) is 4.90 Å². The molecule has 0 amide bonds. The van der Waals surface area contributed by atoms with Crippen LogP contribution in [0.4, 0.5) is 0 Å². The van der Waals surface area contributed by atoms with Crippen molar-refractivity contribution in [2.45, 2.75) is 50.3 Å². The molecular formula is C19H24O5S. The molecule has 0 atom stereocenters. The molecule has 0 aliphatic carbocycles. The molecule has 25 heavy (non-hydrogen) atoms. The molecule has 0 aliphatic rings. The summed E-state index contributed by atoms with van der Waals surface area (Å²) in [5.74, 6) is 0.555. The minimum absolute atomic E-state index is 0.0650. The Morgan fingerprint density at radius 2 is 1.72 bits per heavy atom. The van der Waals surface area contributed by atoms with Gasteiger partial charge in [-0.3, -0.25) is 4.55 Å². The fraction of sp³-hybridized carbons (Fsp3) is 0.368. The molecule has 0 bridgehead atoms. The summed E-state index contributed by atoms with van der Waals surface area (Å²) in [6.45, 7) is 2.17. The molecule has 2 N–H and O–H groups in total. The fourth-order valence-electron chi connectivity index (χ4n) is 2.60. The Balaban J connectivity index is 2.09. The van der Waals surface area contributed by atoms with E-state index in [2.05, 4.69) is 6.92 Å². The molecule has 0 aromatic heterocycles. The maximum atomic E-state index is 11.2. The van der Waals surface area contributed by atoms with Crippen molar-refractivity contribution in [3.63, 3.8) is 0 Å². The third-order valence-corrected chi connectivity index (χ3v) is 4.81. The number of hydrogen-bond acceptors (Lipinski definition) is 4. The molecule has 2 rings (SSSR count). The quantitative estimate of drug-likeness (QED) is 0.486. The van der Waals surface area contributed by atoms with Crippen LogP contribution in [-0.2, 0) is 16.5 Å². The van der Waals surface area contributed by atoms with E-state index in [0.29, 0.717) is 0 Å². The average Bonchev–Trinajstić information content (AvgIpc) is 2.57. The predicted octanol–water partition coefficient (Wildman–Crippen LogP) is 4.94. The molecule has 0 spiro atoms. The molecule has 0 unspecified atom stereocenters. The average molecular weight is 364 g/mol. The first kappa shape index (κ1) is 19.3. The lowest BCUT2D eigenvalue weighted by Gasteiger charge is -2.11. The van der Waals surface area contributed by atoms with Crippen LogP contribution in [0.2, 0.25) is 0 Å². The summed E-state index contributed by atoms with van der Waals surface area (Å²) in [6, 6.07) is 10.8. The molecule has 0 fully saturated rings. The number of hydrogen-bond donors (Lipinski definition) is 2. The highest BCUT2D eigenvalue weighted by molar-refractivity contribution is 7.85. The molecule has 0 heterocycles. The minimum Gasteiger partial charge on any atom is -0.504 e. The second-order valence-electron chi connectivity index (χ2n) is 5.98. The Hall–Kier alpha value is -2.05. The van der Waals surface area contributed by atoms with Crippen LogP contribution in [0.15, 0.2) is 47.4 Å². The van der Waals surface area contributed by atoms with Crippen molar-refractivity contribution in [3.05, 3.63) is 48.0 Å². The first-order valence-corrected chi connectivity index (χ1v) is 9.92. The van der Waals surface area contributed by atoms with E-state index >= 15 is 0 Å². The van der Waals surface area contributed by atoms with Gasteiger partial charge in [-0.05, 0) is 36.6 Å². The van der Waals surface area contributed by atoms with Gasteiger partial charge >= 0.3 is 0 Å². The first-order valence-electron chi connectivity index (χ1n) is 8.48. The van der Waals surface area contributed by atoms with Crippen LogP contribution < -0.4 is 4.74 Å². The van der Waals surface area contributed by atoms with Crippen molar-refractivity contribution < 1.29 is 22.8 Å². The highest BCUT2D eigenvalue weighted by Gasteiger charge is 2.13. The number of para-hydroxylation sites is 1. The van der Waals surface area contributed by atoms with Crippen LogP contribution >= 0.6 is 0 Å². The Labute approximate surface area is 149 Å². The molecule has 0 saturated heterocycles. The topological polar surface area (TPSA) is 83.8 Å². The number of aromatic hydroxyl groups is 1. The summed E-state index contributed by atoms with van der Waals surface area (Å²) in [5.41, 5.74) is 0.805. The number of phenols is 1. The van der Waals surface area contributed by atoms with Crippen LogP contribution in [0.5, 0.6) is 17.2 Å². The normalized spacial score (nSPS) is 11.4. The summed E-state index contributed by atoms with van der Waals surface area (Å²) in [5, 5.41) is 10.4. The highest BCUT2D eigenvalue weighted by atomic mass is 32.2. The van der Waals surface area contributed by atoms with E-state index < -0.39 is 10.1 Å². The standard InChI is InChI=1S/C19H24O5S/c1-2-3-4-5-6-9-15-10-7-13-18(19(15)20)24-16-11-8-12-17(14-16)25(21,22)23/h7-8,10-14,20H,2-6,9H2,1H3,(H,21,22,23). The van der Waals surface area contributed by atoms with E-state index in [9.17, 15) is 13.5 Å². The van der Waals surface area contributed by atoms with Gasteiger partial charge in [-0.1, -0.05) is 50.8 Å². The van der Waals surface area contributed by atoms with E-state index in [-0.39, 0.29) is 22.1 Å². The second-order valence-corrected chi connectivity index (χ2v) is 7.40. The number of rotatable bonds is 9. The van der Waals surface area contributed by atoms with E-state index in [1.165, 1.54) is 37.5 Å². The molecule has 136 valence electrons. The van der Waals surface area contributed by atoms with Crippen LogP contribution in [0.1, 0.15) is 44.6 Å². The summed E-state index contributed by atoms with van der Waals surface area (Å²) < 4.78 is 37.1. The minimum atomic E-state index is -4.30. The van der Waals surface area contributed by atoms with Crippen molar-refractivity contribution in [2.75, 3.05) is 0 Å². The smallest absolute Gasteiger partial charge is 0.294 e. The maximum Gasteiger partial charge on any atom is 0.294 e. The number of unbranched alkanes of at least 4 members (excludes halogenated alkanes) is 4. The van der Waals surface area contributed by atoms with Crippen LogP contribution in [0.3, 0.4) is 0 Å². The van der Waals surface area contributed by atoms with Crippen molar-refractivity contribution in [1.82, 2.24) is 0 Å². The lowest BCUT2D eigenvalue weighted by molar-refractivity contribution is 0.405. The summed E-state index contributed by atoms with van der Waals surface area (Å²) in [7, 11) is -4.30. The largest absolute Gasteiger partial charge is 0.504 e. The zero-order valence-electron chi connectivity index (χ0n) is 14.3. The molecule has 2 aromatic rings. The van der Waals surface area contributed by atoms with Gasteiger partial charge in [-0.2, -0.15) is 8.42 Å². The van der Waals surface area contributed by atoms with E-state index in [4.69, 9.17) is 9.29 Å². The molecule has 6 heteroatoms. The molecular weight excluding hydrogens is 340 g/mol. The zero-order valence-corrected chi connectivity index (χ0v) is 15.1. The molecule has 0 saturated carbocycles. The van der Waals surface area contributed by atoms with E-state index in [0.717, 1.165) is 24.8 Å². The van der Waals surface area contributed by atoms with Gasteiger partial charge < -0.3 is 9.84 Å². The first-order chi connectivity index (χ1) is 11.9. The van der Waals surface area contributed by atoms with Crippen LogP contribution in [-0.4, -0.2) is 18.1 Å². The van der Waals surface area contributed by atoms with Crippen molar-refractivity contribution >= 4 is 10.1 Å². The SMILES string of the molecule is CCCCCCCc1cccc(Oc2cccc(S(=O)(=O)O)c2)c1O. The van der Waals surface area contributed by atoms with Gasteiger partial charge in [0.1, 0.15) is 5.75 Å². The van der Waals surface area contributed by atoms with E-state index in [1.807, 2.05) is 6.07 Å². The molecule has 0 aliphatic heterocycles. The molecule has 0 radical (unpaired) electrons. The number of ether oxygens (including phenoxy) is 1. The zero-order chi connectivity index (χ0) is 18.3. The third-order valence-electron chi connectivity index (χ3n) is 3.96. The van der Waals surface area contributed by atoms with Gasteiger partial charge in [0.25, 0.3) is 10.1 Å². The number of aryl methyl sites for hydroxylation is 1. The van der Waals surface area contributed by atoms with Gasteiger partial charge in [0, 0.05) is 6.07 Å². The summed E-state index contributed by atoms with van der Waals surface area (Å²) in [6.07, 6.45) is 6.48. The Kier molecular flexibility index (Phi) is 6.84. The monoisotopic (exact) mass is 364 g/mol. The lowest BCUT2D eigenvalue weighted by Crippen LogP contribution is -1.98. The number of phenolic OH excluding ortho intramolecular Hbond substituents is 1. The third kappa shape index (κ3) is 5.76. The van der Waals surface area contributed by atoms with Gasteiger partial charge in [0.2, 0.25) is 0 Å². The Bertz CT molecular complexity index is 799. The lowest BCUT2D eigenvalue weighted by atomic mass is 10.0. The van der Waals surface area contributed by atoms with Crippen LogP contribution in [0, 0.1) is 0 Å². The number of benzene rings is 2. The van der Waals surface area contributed by atoms with Crippen LogP contribution in [0.25, 0.3) is 0 Å². The summed E-state index contributed by atoms with van der Waals surface area (Å²) in [4.78, 5) is -0.253. The second kappa shape index (κ2) is 8.87. The summed E-state index contributed by atoms with van der Waals surface area (Å²) >= 11 is 0. The predicted molar refractivity (Wildman–Crippen MR) is 96.9 cm³/mol. The maximum absolute atomic E-state index is 11.2. The molecule has 2 aromatic carbocycles. The van der Waals surface area contributed by atoms with Crippen molar-refractivity contribution in [1.29, 1.82) is 0 Å². The van der Waals surface area contributed by atoms with Gasteiger partial charge in [0.15, 0.2) is 11.5 Å². The van der Waals surface area contributed by atoms with Gasteiger partial charge in [-0.25, -0.2) is 0 Å². The fourth-order valence-corrected chi connectivity index (χ4v) is 3.11. The van der Waals surface area contributed by atoms with Gasteiger partial charge in [-0.15, -0.1) is 0 Å². The van der Waals surface area contributed by atoms with Crippen molar-refractivity contribution in [2.24, 2.45) is 0 Å².